The second-order valence-corrected chi connectivity index (χ2v) is 3.22. The summed E-state index contributed by atoms with van der Waals surface area (Å²) < 4.78 is 0. The van der Waals surface area contributed by atoms with Gasteiger partial charge in [0.25, 0.3) is 0 Å². The van der Waals surface area contributed by atoms with Gasteiger partial charge in [-0.3, -0.25) is 14.8 Å². The molecule has 0 atom stereocenters. The number of hydrogen-bond donors (Lipinski definition) is 0. The summed E-state index contributed by atoms with van der Waals surface area (Å²) in [5.41, 5.74) is 2.78. The molecule has 0 unspecified atom stereocenters. The molecule has 0 aromatic carbocycles. The Bertz CT molecular complexity index is 454. The standard InChI is InChI=1S/C12H10N2O/c15-9-12-8-14-6-3-11(12)7-10-1-4-13-5-2-10/h1-6,8-9H,7H2. The second-order valence-electron chi connectivity index (χ2n) is 3.22. The van der Waals surface area contributed by atoms with Crippen molar-refractivity contribution in [3.8, 4) is 0 Å². The van der Waals surface area contributed by atoms with Gasteiger partial charge in [0.1, 0.15) is 0 Å². The fourth-order valence-electron chi connectivity index (χ4n) is 1.42. The van der Waals surface area contributed by atoms with E-state index in [1.165, 1.54) is 0 Å². The Morgan fingerprint density at radius 3 is 2.53 bits per heavy atom. The molecule has 0 aliphatic heterocycles. The lowest BCUT2D eigenvalue weighted by Gasteiger charge is -2.03. The molecule has 0 aliphatic carbocycles. The summed E-state index contributed by atoms with van der Waals surface area (Å²) in [5.74, 6) is 0. The lowest BCUT2D eigenvalue weighted by atomic mass is 10.0. The van der Waals surface area contributed by atoms with E-state index in [0.717, 1.165) is 23.8 Å². The summed E-state index contributed by atoms with van der Waals surface area (Å²) in [5, 5.41) is 0. The first-order valence-corrected chi connectivity index (χ1v) is 4.67. The van der Waals surface area contributed by atoms with Crippen LogP contribution in [0.25, 0.3) is 0 Å². The van der Waals surface area contributed by atoms with Crippen molar-refractivity contribution < 1.29 is 4.79 Å². The molecule has 0 aliphatic rings. The third kappa shape index (κ3) is 2.26. The first kappa shape index (κ1) is 9.52. The highest BCUT2D eigenvalue weighted by atomic mass is 16.1. The number of aldehydes is 1. The van der Waals surface area contributed by atoms with Gasteiger partial charge in [-0.2, -0.15) is 0 Å². The zero-order valence-electron chi connectivity index (χ0n) is 8.13. The Labute approximate surface area is 87.8 Å². The fraction of sp³-hybridized carbons (Fsp3) is 0.0833. The first-order valence-electron chi connectivity index (χ1n) is 4.67. The molecule has 0 spiro atoms. The quantitative estimate of drug-likeness (QED) is 0.707. The molecule has 2 rings (SSSR count). The van der Waals surface area contributed by atoms with Gasteiger partial charge in [-0.15, -0.1) is 0 Å². The van der Waals surface area contributed by atoms with Crippen molar-refractivity contribution in [1.82, 2.24) is 9.97 Å². The molecule has 2 aromatic heterocycles. The summed E-state index contributed by atoms with van der Waals surface area (Å²) in [4.78, 5) is 18.6. The van der Waals surface area contributed by atoms with Crippen LogP contribution in [0.4, 0.5) is 0 Å². The fourth-order valence-corrected chi connectivity index (χ4v) is 1.42. The lowest BCUT2D eigenvalue weighted by molar-refractivity contribution is 0.112. The van der Waals surface area contributed by atoms with Crippen LogP contribution in [0.3, 0.4) is 0 Å². The minimum Gasteiger partial charge on any atom is -0.298 e. The minimum atomic E-state index is 0.648. The molecule has 2 heterocycles. The van der Waals surface area contributed by atoms with E-state index in [1.54, 1.807) is 24.8 Å². The van der Waals surface area contributed by atoms with Crippen molar-refractivity contribution in [2.45, 2.75) is 6.42 Å². The number of aromatic nitrogens is 2. The predicted octanol–water partition coefficient (Wildman–Crippen LogP) is 1.88. The molecule has 0 fully saturated rings. The van der Waals surface area contributed by atoms with Crippen LogP contribution in [-0.4, -0.2) is 16.3 Å². The summed E-state index contributed by atoms with van der Waals surface area (Å²) in [6, 6.07) is 5.74. The van der Waals surface area contributed by atoms with E-state index in [2.05, 4.69) is 9.97 Å². The number of nitrogens with zero attached hydrogens (tertiary/aromatic N) is 2. The van der Waals surface area contributed by atoms with Gasteiger partial charge in [-0.25, -0.2) is 0 Å². The molecule has 0 amide bonds. The van der Waals surface area contributed by atoms with Crippen LogP contribution < -0.4 is 0 Å². The van der Waals surface area contributed by atoms with Crippen molar-refractivity contribution in [2.75, 3.05) is 0 Å². The first-order chi connectivity index (χ1) is 7.40. The molecule has 0 N–H and O–H groups in total. The maximum atomic E-state index is 10.8. The van der Waals surface area contributed by atoms with Gasteiger partial charge in [0.15, 0.2) is 6.29 Å². The summed E-state index contributed by atoms with van der Waals surface area (Å²) in [7, 11) is 0. The van der Waals surface area contributed by atoms with Gasteiger partial charge in [0.2, 0.25) is 0 Å². The molecular weight excluding hydrogens is 188 g/mol. The number of pyridine rings is 2. The van der Waals surface area contributed by atoms with E-state index in [0.29, 0.717) is 5.56 Å². The zero-order chi connectivity index (χ0) is 10.5. The highest BCUT2D eigenvalue weighted by Crippen LogP contribution is 2.10. The highest BCUT2D eigenvalue weighted by molar-refractivity contribution is 5.76. The predicted molar refractivity (Wildman–Crippen MR) is 56.7 cm³/mol. The van der Waals surface area contributed by atoms with Gasteiger partial charge in [-0.05, 0) is 35.7 Å². The maximum Gasteiger partial charge on any atom is 0.151 e. The van der Waals surface area contributed by atoms with Crippen molar-refractivity contribution in [3.05, 3.63) is 59.7 Å². The molecule has 15 heavy (non-hydrogen) atoms. The smallest absolute Gasteiger partial charge is 0.151 e. The van der Waals surface area contributed by atoms with Crippen LogP contribution in [0.1, 0.15) is 21.5 Å². The molecule has 2 aromatic rings. The monoisotopic (exact) mass is 198 g/mol. The number of carbonyl (C=O) groups excluding carboxylic acids is 1. The number of carbonyl (C=O) groups is 1. The summed E-state index contributed by atoms with van der Waals surface area (Å²) in [6.07, 6.45) is 8.35. The Morgan fingerprint density at radius 2 is 1.80 bits per heavy atom. The van der Waals surface area contributed by atoms with Crippen molar-refractivity contribution >= 4 is 6.29 Å². The Morgan fingerprint density at radius 1 is 1.07 bits per heavy atom. The van der Waals surface area contributed by atoms with Crippen molar-refractivity contribution in [2.24, 2.45) is 0 Å². The van der Waals surface area contributed by atoms with Crippen LogP contribution in [-0.2, 0) is 6.42 Å². The average Bonchev–Trinajstić information content (AvgIpc) is 2.31. The SMILES string of the molecule is O=Cc1cnccc1Cc1ccncc1. The maximum absolute atomic E-state index is 10.8. The molecule has 0 bridgehead atoms. The van der Waals surface area contributed by atoms with E-state index in [-0.39, 0.29) is 0 Å². The Kier molecular flexibility index (Phi) is 2.83. The van der Waals surface area contributed by atoms with Gasteiger partial charge in [0, 0.05) is 30.4 Å². The van der Waals surface area contributed by atoms with Crippen LogP contribution >= 0.6 is 0 Å². The number of rotatable bonds is 3. The van der Waals surface area contributed by atoms with Gasteiger partial charge >= 0.3 is 0 Å². The van der Waals surface area contributed by atoms with E-state index < -0.39 is 0 Å². The molecular formula is C12H10N2O. The van der Waals surface area contributed by atoms with Gasteiger partial charge < -0.3 is 0 Å². The largest absolute Gasteiger partial charge is 0.298 e. The Balaban J connectivity index is 2.28. The molecule has 0 radical (unpaired) electrons. The molecule has 0 saturated carbocycles. The van der Waals surface area contributed by atoms with Crippen LogP contribution in [0.5, 0.6) is 0 Å². The third-order valence-electron chi connectivity index (χ3n) is 2.22. The second kappa shape index (κ2) is 4.46. The molecule has 0 saturated heterocycles. The average molecular weight is 198 g/mol. The van der Waals surface area contributed by atoms with E-state index >= 15 is 0 Å². The van der Waals surface area contributed by atoms with Crippen LogP contribution in [0.2, 0.25) is 0 Å². The van der Waals surface area contributed by atoms with Gasteiger partial charge in [-0.1, -0.05) is 0 Å². The topological polar surface area (TPSA) is 42.9 Å². The Hall–Kier alpha value is -2.03. The lowest BCUT2D eigenvalue weighted by Crippen LogP contribution is -1.95. The van der Waals surface area contributed by atoms with Crippen LogP contribution in [0.15, 0.2) is 43.0 Å². The molecule has 3 nitrogen and oxygen atoms in total. The highest BCUT2D eigenvalue weighted by Gasteiger charge is 2.01. The van der Waals surface area contributed by atoms with E-state index in [4.69, 9.17) is 0 Å². The minimum absolute atomic E-state index is 0.648. The number of hydrogen-bond acceptors (Lipinski definition) is 3. The summed E-state index contributed by atoms with van der Waals surface area (Å²) >= 11 is 0. The molecule has 74 valence electrons. The zero-order valence-corrected chi connectivity index (χ0v) is 8.13. The third-order valence-corrected chi connectivity index (χ3v) is 2.22. The summed E-state index contributed by atoms with van der Waals surface area (Å²) in [6.45, 7) is 0. The van der Waals surface area contributed by atoms with E-state index in [9.17, 15) is 4.79 Å². The van der Waals surface area contributed by atoms with E-state index in [1.807, 2.05) is 18.2 Å². The van der Waals surface area contributed by atoms with Crippen LogP contribution in [0, 0.1) is 0 Å². The van der Waals surface area contributed by atoms with Crippen molar-refractivity contribution in [3.63, 3.8) is 0 Å². The normalized spacial score (nSPS) is 9.87. The van der Waals surface area contributed by atoms with Crippen molar-refractivity contribution in [1.29, 1.82) is 0 Å². The molecule has 3 heteroatoms. The van der Waals surface area contributed by atoms with Gasteiger partial charge in [0.05, 0.1) is 0 Å².